The van der Waals surface area contributed by atoms with Crippen molar-refractivity contribution in [3.8, 4) is 0 Å². The molecule has 0 unspecified atom stereocenters. The van der Waals surface area contributed by atoms with Crippen LogP contribution in [0.2, 0.25) is 5.02 Å². The molecule has 0 spiro atoms. The second-order valence-electron chi connectivity index (χ2n) is 12.3. The number of nitrogens with one attached hydrogen (secondary N) is 1. The second kappa shape index (κ2) is 16.0. The Bertz CT molecular complexity index is 1920. The highest BCUT2D eigenvalue weighted by molar-refractivity contribution is 9.10. The Kier molecular flexibility index (Phi) is 12.0. The molecule has 50 heavy (non-hydrogen) atoms. The average Bonchev–Trinajstić information content (AvgIpc) is 3.58. The van der Waals surface area contributed by atoms with Crippen LogP contribution in [0.1, 0.15) is 47.9 Å². The molecule has 4 aromatic rings. The van der Waals surface area contributed by atoms with Crippen LogP contribution < -0.4 is 9.62 Å². The number of hydrogen-bond donors (Lipinski definition) is 1. The van der Waals surface area contributed by atoms with Crippen LogP contribution in [0.3, 0.4) is 0 Å². The van der Waals surface area contributed by atoms with Crippen molar-refractivity contribution in [2.45, 2.75) is 68.7 Å². The van der Waals surface area contributed by atoms with Crippen molar-refractivity contribution in [2.75, 3.05) is 10.8 Å². The summed E-state index contributed by atoms with van der Waals surface area (Å²) in [4.78, 5) is 29.9. The summed E-state index contributed by atoms with van der Waals surface area (Å²) in [6.45, 7) is 0.779. The number of hydrogen-bond acceptors (Lipinski definition) is 4. The number of alkyl halides is 3. The SMILES string of the molecule is Cc1ccc(S(=O)(=O)N(CC(=O)N(Cc2cccc(Br)c2)[C@H](Cc2ccccc2)C(=O)NC2CCCC2)c2ccc(Cl)c(C(F)(F)F)c2)cc1. The lowest BCUT2D eigenvalue weighted by Gasteiger charge is -2.34. The summed E-state index contributed by atoms with van der Waals surface area (Å²) in [7, 11) is -4.61. The van der Waals surface area contributed by atoms with Gasteiger partial charge < -0.3 is 10.2 Å². The molecular formula is C37H36BrClF3N3O4S. The first-order valence-corrected chi connectivity index (χ1v) is 18.7. The standard InChI is InChI=1S/C37H36BrClF3N3O4S/c1-25-14-17-31(18-15-25)50(48,49)45(30-16-19-33(39)32(22-30)37(40,41)42)24-35(46)44(23-27-10-7-11-28(38)20-27)34(21-26-8-3-2-4-9-26)36(47)43-29-12-5-6-13-29/h2-4,7-11,14-20,22,29,34H,5-6,12-13,21,23-24H2,1H3,(H,43,47)/t34-/m1/s1. The van der Waals surface area contributed by atoms with Gasteiger partial charge in [0.1, 0.15) is 12.6 Å². The maximum absolute atomic E-state index is 14.7. The Morgan fingerprint density at radius 3 is 2.22 bits per heavy atom. The van der Waals surface area contributed by atoms with Crippen molar-refractivity contribution in [3.05, 3.63) is 129 Å². The lowest BCUT2D eigenvalue weighted by Crippen LogP contribution is -2.54. The molecule has 2 amide bonds. The van der Waals surface area contributed by atoms with Crippen molar-refractivity contribution >= 4 is 55.1 Å². The van der Waals surface area contributed by atoms with E-state index < -0.39 is 56.9 Å². The number of sulfonamides is 1. The molecule has 0 bridgehead atoms. The summed E-state index contributed by atoms with van der Waals surface area (Å²) in [6, 6.07) is 23.6. The van der Waals surface area contributed by atoms with Crippen LogP contribution in [-0.4, -0.2) is 43.8 Å². The smallest absolute Gasteiger partial charge is 0.352 e. The first kappa shape index (κ1) is 37.4. The van der Waals surface area contributed by atoms with E-state index in [0.717, 1.165) is 53.4 Å². The molecular weight excluding hydrogens is 755 g/mol. The number of carbonyl (C=O) groups is 2. The van der Waals surface area contributed by atoms with Crippen molar-refractivity contribution in [2.24, 2.45) is 0 Å². The van der Waals surface area contributed by atoms with Crippen LogP contribution in [-0.2, 0) is 38.8 Å². The Labute approximate surface area is 303 Å². The zero-order chi connectivity index (χ0) is 36.1. The maximum atomic E-state index is 14.7. The Morgan fingerprint density at radius 1 is 0.920 bits per heavy atom. The number of nitrogens with zero attached hydrogens (tertiary/aromatic N) is 2. The Morgan fingerprint density at radius 2 is 1.58 bits per heavy atom. The minimum absolute atomic E-state index is 0.0723. The van der Waals surface area contributed by atoms with Gasteiger partial charge in [-0.3, -0.25) is 13.9 Å². The highest BCUT2D eigenvalue weighted by atomic mass is 79.9. The molecule has 1 saturated carbocycles. The van der Waals surface area contributed by atoms with Crippen LogP contribution in [0.15, 0.2) is 106 Å². The minimum Gasteiger partial charge on any atom is -0.352 e. The monoisotopic (exact) mass is 789 g/mol. The molecule has 13 heteroatoms. The van der Waals surface area contributed by atoms with Gasteiger partial charge in [-0.15, -0.1) is 0 Å². The van der Waals surface area contributed by atoms with Crippen LogP contribution in [0.25, 0.3) is 0 Å². The van der Waals surface area contributed by atoms with Gasteiger partial charge in [-0.05, 0) is 73.4 Å². The lowest BCUT2D eigenvalue weighted by atomic mass is 10.0. The molecule has 1 atom stereocenters. The maximum Gasteiger partial charge on any atom is 0.417 e. The van der Waals surface area contributed by atoms with E-state index in [4.69, 9.17) is 11.6 Å². The fourth-order valence-electron chi connectivity index (χ4n) is 6.01. The number of benzene rings is 4. The van der Waals surface area contributed by atoms with E-state index in [-0.39, 0.29) is 23.9 Å². The zero-order valence-corrected chi connectivity index (χ0v) is 30.3. The van der Waals surface area contributed by atoms with E-state index in [1.165, 1.54) is 17.0 Å². The molecule has 1 fully saturated rings. The molecule has 1 aliphatic carbocycles. The number of aryl methyl sites for hydroxylation is 1. The van der Waals surface area contributed by atoms with Gasteiger partial charge in [0.05, 0.1) is 21.2 Å². The van der Waals surface area contributed by atoms with Crippen molar-refractivity contribution < 1.29 is 31.2 Å². The third-order valence-electron chi connectivity index (χ3n) is 8.65. The van der Waals surface area contributed by atoms with E-state index in [9.17, 15) is 31.2 Å². The number of rotatable bonds is 12. The summed E-state index contributed by atoms with van der Waals surface area (Å²) >= 11 is 9.36. The third-order valence-corrected chi connectivity index (χ3v) is 11.3. The summed E-state index contributed by atoms with van der Waals surface area (Å²) in [5.74, 6) is -1.19. The van der Waals surface area contributed by atoms with Gasteiger partial charge in [0.15, 0.2) is 0 Å². The quantitative estimate of drug-likeness (QED) is 0.157. The average molecular weight is 791 g/mol. The van der Waals surface area contributed by atoms with Crippen LogP contribution in [0.5, 0.6) is 0 Å². The summed E-state index contributed by atoms with van der Waals surface area (Å²) in [5.41, 5.74) is 0.515. The van der Waals surface area contributed by atoms with Gasteiger partial charge in [0.2, 0.25) is 11.8 Å². The van der Waals surface area contributed by atoms with Gasteiger partial charge in [-0.1, -0.05) is 101 Å². The molecule has 0 heterocycles. The highest BCUT2D eigenvalue weighted by Crippen LogP contribution is 2.38. The summed E-state index contributed by atoms with van der Waals surface area (Å²) in [5, 5.41) is 2.47. The molecule has 0 saturated heterocycles. The van der Waals surface area contributed by atoms with Crippen molar-refractivity contribution in [1.82, 2.24) is 10.2 Å². The van der Waals surface area contributed by atoms with Crippen LogP contribution in [0, 0.1) is 6.92 Å². The normalized spacial score (nSPS) is 14.3. The molecule has 7 nitrogen and oxygen atoms in total. The first-order valence-electron chi connectivity index (χ1n) is 16.1. The fourth-order valence-corrected chi connectivity index (χ4v) is 8.08. The van der Waals surface area contributed by atoms with Gasteiger partial charge in [0.25, 0.3) is 10.0 Å². The minimum atomic E-state index is -4.90. The molecule has 4 aromatic carbocycles. The first-order chi connectivity index (χ1) is 23.7. The number of amides is 2. The highest BCUT2D eigenvalue weighted by Gasteiger charge is 2.38. The summed E-state index contributed by atoms with van der Waals surface area (Å²) < 4.78 is 71.9. The molecule has 5 rings (SSSR count). The van der Waals surface area contributed by atoms with Gasteiger partial charge in [-0.25, -0.2) is 8.42 Å². The molecule has 264 valence electrons. The Hall–Kier alpha value is -3.87. The van der Waals surface area contributed by atoms with Crippen molar-refractivity contribution in [3.63, 3.8) is 0 Å². The molecule has 0 aliphatic heterocycles. The van der Waals surface area contributed by atoms with E-state index >= 15 is 0 Å². The van der Waals surface area contributed by atoms with Crippen LogP contribution >= 0.6 is 27.5 Å². The predicted molar refractivity (Wildman–Crippen MR) is 191 cm³/mol. The number of carbonyl (C=O) groups excluding carboxylic acids is 2. The topological polar surface area (TPSA) is 86.8 Å². The fraction of sp³-hybridized carbons (Fsp3) is 0.297. The van der Waals surface area contributed by atoms with E-state index in [2.05, 4.69) is 21.2 Å². The lowest BCUT2D eigenvalue weighted by molar-refractivity contribution is -0.140. The molecule has 0 radical (unpaired) electrons. The molecule has 0 aromatic heterocycles. The van der Waals surface area contributed by atoms with Crippen molar-refractivity contribution in [1.29, 1.82) is 0 Å². The zero-order valence-electron chi connectivity index (χ0n) is 27.2. The Balaban J connectivity index is 1.61. The predicted octanol–water partition coefficient (Wildman–Crippen LogP) is 8.32. The van der Waals surface area contributed by atoms with Gasteiger partial charge in [0, 0.05) is 23.5 Å². The van der Waals surface area contributed by atoms with E-state index in [1.54, 1.807) is 43.3 Å². The van der Waals surface area contributed by atoms with Gasteiger partial charge >= 0.3 is 6.18 Å². The molecule has 1 N–H and O–H groups in total. The second-order valence-corrected chi connectivity index (χ2v) is 15.5. The van der Waals surface area contributed by atoms with Crippen LogP contribution in [0.4, 0.5) is 18.9 Å². The van der Waals surface area contributed by atoms with Gasteiger partial charge in [-0.2, -0.15) is 13.2 Å². The largest absolute Gasteiger partial charge is 0.417 e. The van der Waals surface area contributed by atoms with E-state index in [0.29, 0.717) is 15.9 Å². The molecule has 1 aliphatic rings. The summed E-state index contributed by atoms with van der Waals surface area (Å²) in [6.07, 6.45) is -1.27. The third kappa shape index (κ3) is 9.26. The van der Waals surface area contributed by atoms with E-state index in [1.807, 2.05) is 30.3 Å². The number of halogens is 5. The number of anilines is 1.